The summed E-state index contributed by atoms with van der Waals surface area (Å²) in [5, 5.41) is 14.6. The topological polar surface area (TPSA) is 125 Å². The number of imidazole rings is 1. The molecule has 0 aliphatic carbocycles. The van der Waals surface area contributed by atoms with Crippen LogP contribution in [0, 0.1) is 0 Å². The maximum absolute atomic E-state index is 9.56. The molecule has 0 saturated heterocycles. The van der Waals surface area contributed by atoms with Gasteiger partial charge in [0.05, 0.1) is 6.33 Å². The third kappa shape index (κ3) is 5.98. The summed E-state index contributed by atoms with van der Waals surface area (Å²) in [5.74, 6) is 0. The van der Waals surface area contributed by atoms with Crippen molar-refractivity contribution in [1.82, 2.24) is 9.97 Å². The molecule has 0 amide bonds. The van der Waals surface area contributed by atoms with Crippen molar-refractivity contribution in [1.29, 1.82) is 0 Å². The summed E-state index contributed by atoms with van der Waals surface area (Å²) < 4.78 is 15.0. The van der Waals surface area contributed by atoms with Gasteiger partial charge < -0.3 is 4.98 Å². The van der Waals surface area contributed by atoms with Crippen molar-refractivity contribution in [3.05, 3.63) is 18.7 Å². The van der Waals surface area contributed by atoms with E-state index in [-0.39, 0.29) is 0 Å². The van der Waals surface area contributed by atoms with Gasteiger partial charge in [-0.25, -0.2) is 20.1 Å². The summed E-state index contributed by atoms with van der Waals surface area (Å²) in [5.41, 5.74) is 0. The van der Waals surface area contributed by atoms with Crippen molar-refractivity contribution in [3.63, 3.8) is 0 Å². The number of H-pyrrole nitrogens is 1. The second-order valence-electron chi connectivity index (χ2n) is 1.39. The molecule has 9 heteroatoms. The molecule has 0 radical (unpaired) electrons. The normalized spacial score (nSPS) is 10.2. The predicted molar refractivity (Wildman–Crippen MR) is 35.8 cm³/mol. The number of hydrogen-bond acceptors (Lipinski definition) is 6. The molecule has 1 aromatic heterocycles. The Bertz CT molecular complexity index is 199. The molecule has 0 unspecified atom stereocenters. The minimum Gasteiger partial charge on any atom is -0.351 e. The van der Waals surface area contributed by atoms with E-state index < -0.39 is 7.82 Å². The highest BCUT2D eigenvalue weighted by molar-refractivity contribution is 7.47. The van der Waals surface area contributed by atoms with Gasteiger partial charge in [-0.3, -0.25) is 4.89 Å². The Kier molecular flexibility index (Phi) is 5.47. The molecule has 4 N–H and O–H groups in total. The Balaban J connectivity index is 0.000000211. The van der Waals surface area contributed by atoms with Gasteiger partial charge in [-0.1, -0.05) is 0 Å². The molecule has 0 spiro atoms. The van der Waals surface area contributed by atoms with E-state index in [4.69, 9.17) is 15.4 Å². The van der Waals surface area contributed by atoms with Gasteiger partial charge >= 0.3 is 7.82 Å². The highest BCUT2D eigenvalue weighted by Gasteiger charge is 2.19. The fourth-order valence-electron chi connectivity index (χ4n) is 0.230. The fourth-order valence-corrected chi connectivity index (χ4v) is 0.260. The second kappa shape index (κ2) is 5.84. The number of nitrogens with zero attached hydrogens (tertiary/aromatic N) is 1. The third-order valence-corrected chi connectivity index (χ3v) is 1.02. The number of aromatic amines is 1. The number of rotatable bonds is 2. The van der Waals surface area contributed by atoms with Crippen molar-refractivity contribution < 1.29 is 29.3 Å². The lowest BCUT2D eigenvalue weighted by atomic mass is 11.0. The van der Waals surface area contributed by atoms with E-state index in [0.29, 0.717) is 0 Å². The SMILES string of the molecule is O=P(O)(OO)OO.c1c[nH]cn1. The van der Waals surface area contributed by atoms with Crippen LogP contribution < -0.4 is 0 Å². The van der Waals surface area contributed by atoms with Gasteiger partial charge in [-0.2, -0.15) is 0 Å². The average molecular weight is 198 g/mol. The van der Waals surface area contributed by atoms with Gasteiger partial charge in [0.1, 0.15) is 0 Å². The summed E-state index contributed by atoms with van der Waals surface area (Å²) >= 11 is 0. The Labute approximate surface area is 66.9 Å². The maximum atomic E-state index is 9.56. The largest absolute Gasteiger partial charge is 0.526 e. The monoisotopic (exact) mass is 198 g/mol. The first-order chi connectivity index (χ1) is 5.62. The molecule has 1 heterocycles. The minimum atomic E-state index is -4.54. The molecule has 0 aliphatic heterocycles. The zero-order valence-electron chi connectivity index (χ0n) is 5.69. The number of aromatic nitrogens is 2. The standard InChI is InChI=1S/C3H4N2.H3O6P/c1-2-5-3-4-1;1-5-7(3,4)6-2/h1-3H,(H,4,5);1-2H,(H,3,4). The van der Waals surface area contributed by atoms with Gasteiger partial charge in [0.15, 0.2) is 0 Å². The third-order valence-electron chi connectivity index (χ3n) is 0.612. The van der Waals surface area contributed by atoms with E-state index >= 15 is 0 Å². The van der Waals surface area contributed by atoms with Gasteiger partial charge in [0.25, 0.3) is 0 Å². The fraction of sp³-hybridized carbons (Fsp3) is 0. The highest BCUT2D eigenvalue weighted by atomic mass is 31.2. The lowest BCUT2D eigenvalue weighted by Crippen LogP contribution is -1.84. The maximum Gasteiger partial charge on any atom is 0.526 e. The van der Waals surface area contributed by atoms with Gasteiger partial charge in [-0.15, -0.1) is 9.35 Å². The predicted octanol–water partition coefficient (Wildman–Crippen LogP) is 0.476. The Morgan fingerprint density at radius 2 is 2.00 bits per heavy atom. The minimum absolute atomic E-state index is 1.62. The van der Waals surface area contributed by atoms with Crippen LogP contribution in [-0.4, -0.2) is 25.4 Å². The molecule has 0 bridgehead atoms. The molecular weight excluding hydrogens is 191 g/mol. The van der Waals surface area contributed by atoms with Crippen LogP contribution in [0.1, 0.15) is 0 Å². The van der Waals surface area contributed by atoms with Crippen LogP contribution in [0.2, 0.25) is 0 Å². The molecule has 0 saturated carbocycles. The van der Waals surface area contributed by atoms with Crippen molar-refractivity contribution in [2.45, 2.75) is 0 Å². The molecule has 0 fully saturated rings. The van der Waals surface area contributed by atoms with E-state index in [9.17, 15) is 4.57 Å². The molecule has 0 atom stereocenters. The van der Waals surface area contributed by atoms with Gasteiger partial charge in [0, 0.05) is 12.4 Å². The molecule has 1 rings (SSSR count). The van der Waals surface area contributed by atoms with Crippen LogP contribution >= 0.6 is 7.82 Å². The van der Waals surface area contributed by atoms with Crippen LogP contribution in [0.3, 0.4) is 0 Å². The van der Waals surface area contributed by atoms with E-state index in [0.717, 1.165) is 0 Å². The van der Waals surface area contributed by atoms with Crippen LogP contribution in [0.15, 0.2) is 18.7 Å². The molecule has 1 aromatic rings. The zero-order chi connectivity index (χ0) is 9.45. The first-order valence-electron chi connectivity index (χ1n) is 2.54. The van der Waals surface area contributed by atoms with Gasteiger partial charge in [-0.05, 0) is 0 Å². The van der Waals surface area contributed by atoms with E-state index in [1.54, 1.807) is 18.7 Å². The Hall–Kier alpha value is -0.760. The average Bonchev–Trinajstić information content (AvgIpc) is 2.62. The van der Waals surface area contributed by atoms with E-state index in [1.807, 2.05) is 0 Å². The number of phosphoric acid groups is 1. The van der Waals surface area contributed by atoms with Crippen molar-refractivity contribution >= 4 is 7.82 Å². The van der Waals surface area contributed by atoms with Crippen molar-refractivity contribution in [3.8, 4) is 0 Å². The Morgan fingerprint density at radius 3 is 2.08 bits per heavy atom. The molecule has 8 nitrogen and oxygen atoms in total. The smallest absolute Gasteiger partial charge is 0.351 e. The highest BCUT2D eigenvalue weighted by Crippen LogP contribution is 2.39. The molecule has 0 aliphatic rings. The summed E-state index contributed by atoms with van der Waals surface area (Å²) in [4.78, 5) is 14.2. The molecular formula is C3H7N2O6P. The quantitative estimate of drug-likeness (QED) is 0.309. The van der Waals surface area contributed by atoms with Crippen LogP contribution in [0.25, 0.3) is 0 Å². The van der Waals surface area contributed by atoms with Crippen LogP contribution in [0.5, 0.6) is 0 Å². The number of nitrogens with one attached hydrogen (secondary N) is 1. The summed E-state index contributed by atoms with van der Waals surface area (Å²) in [6.45, 7) is 0. The van der Waals surface area contributed by atoms with Crippen LogP contribution in [0.4, 0.5) is 0 Å². The van der Waals surface area contributed by atoms with E-state index in [1.165, 1.54) is 0 Å². The lowest BCUT2D eigenvalue weighted by molar-refractivity contribution is -0.224. The molecule has 0 aromatic carbocycles. The first-order valence-corrected chi connectivity index (χ1v) is 4.04. The first kappa shape index (κ1) is 11.2. The summed E-state index contributed by atoms with van der Waals surface area (Å²) in [6, 6.07) is 0. The van der Waals surface area contributed by atoms with Crippen LogP contribution in [-0.2, 0) is 13.9 Å². The van der Waals surface area contributed by atoms with Crippen molar-refractivity contribution in [2.75, 3.05) is 0 Å². The van der Waals surface area contributed by atoms with Gasteiger partial charge in [0.2, 0.25) is 0 Å². The molecule has 70 valence electrons. The number of hydrogen-bond donors (Lipinski definition) is 4. The molecule has 12 heavy (non-hydrogen) atoms. The summed E-state index contributed by atoms with van der Waals surface area (Å²) in [7, 11) is -4.54. The van der Waals surface area contributed by atoms with Crippen molar-refractivity contribution in [2.24, 2.45) is 0 Å². The Morgan fingerprint density at radius 1 is 1.42 bits per heavy atom. The zero-order valence-corrected chi connectivity index (χ0v) is 6.59. The lowest BCUT2D eigenvalue weighted by Gasteiger charge is -1.96. The second-order valence-corrected chi connectivity index (χ2v) is 2.66. The van der Waals surface area contributed by atoms with E-state index in [2.05, 4.69) is 19.3 Å². The summed E-state index contributed by atoms with van der Waals surface area (Å²) in [6.07, 6.45) is 5.08.